The molecule has 0 atom stereocenters. The second-order valence-electron chi connectivity index (χ2n) is 2.70. The van der Waals surface area contributed by atoms with E-state index in [1.54, 1.807) is 0 Å². The van der Waals surface area contributed by atoms with Crippen molar-refractivity contribution in [3.05, 3.63) is 18.0 Å². The maximum atomic E-state index is 12.7. The van der Waals surface area contributed by atoms with Crippen LogP contribution in [0.3, 0.4) is 0 Å². The smallest absolute Gasteiger partial charge is 0.287 e. The molecule has 1 heterocycles. The molecule has 5 heteroatoms. The molecule has 1 rings (SSSR count). The van der Waals surface area contributed by atoms with Crippen LogP contribution in [-0.4, -0.2) is 12.1 Å². The minimum absolute atomic E-state index is 0.161. The second kappa shape index (κ2) is 3.16. The molecule has 0 bridgehead atoms. The SMILES string of the molecule is COc1cnc(C(C)(F)F)cc1N. The zero-order valence-corrected chi connectivity index (χ0v) is 7.34. The lowest BCUT2D eigenvalue weighted by Gasteiger charge is -2.11. The van der Waals surface area contributed by atoms with Crippen LogP contribution in [0.2, 0.25) is 0 Å². The second-order valence-corrected chi connectivity index (χ2v) is 2.70. The molecule has 72 valence electrons. The van der Waals surface area contributed by atoms with Gasteiger partial charge in [-0.3, -0.25) is 4.98 Å². The van der Waals surface area contributed by atoms with Crippen LogP contribution in [0, 0.1) is 0 Å². The number of nitrogens with zero attached hydrogens (tertiary/aromatic N) is 1. The number of halogens is 2. The third kappa shape index (κ3) is 2.05. The van der Waals surface area contributed by atoms with E-state index < -0.39 is 5.92 Å². The fourth-order valence-corrected chi connectivity index (χ4v) is 0.869. The predicted octanol–water partition coefficient (Wildman–Crippen LogP) is 1.78. The van der Waals surface area contributed by atoms with E-state index in [2.05, 4.69) is 4.98 Å². The number of hydrogen-bond donors (Lipinski definition) is 1. The Bertz CT molecular complexity index is 310. The third-order valence-electron chi connectivity index (χ3n) is 1.57. The number of hydrogen-bond acceptors (Lipinski definition) is 3. The molecular weight excluding hydrogens is 178 g/mol. The van der Waals surface area contributed by atoms with Crippen LogP contribution < -0.4 is 10.5 Å². The molecule has 0 amide bonds. The molecule has 0 saturated carbocycles. The summed E-state index contributed by atoms with van der Waals surface area (Å²) in [5.41, 5.74) is 5.24. The minimum Gasteiger partial charge on any atom is -0.493 e. The Balaban J connectivity index is 3.10. The quantitative estimate of drug-likeness (QED) is 0.769. The Labute approximate surface area is 74.5 Å². The summed E-state index contributed by atoms with van der Waals surface area (Å²) in [6.45, 7) is 0.765. The van der Waals surface area contributed by atoms with Crippen molar-refractivity contribution in [3.63, 3.8) is 0 Å². The molecule has 0 fully saturated rings. The Morgan fingerprint density at radius 3 is 2.54 bits per heavy atom. The normalized spacial score (nSPS) is 11.4. The maximum absolute atomic E-state index is 12.7. The molecule has 0 aliphatic rings. The summed E-state index contributed by atoms with van der Waals surface area (Å²) in [6.07, 6.45) is 1.18. The number of pyridine rings is 1. The lowest BCUT2D eigenvalue weighted by molar-refractivity contribution is 0.0128. The lowest BCUT2D eigenvalue weighted by Crippen LogP contribution is -2.10. The van der Waals surface area contributed by atoms with Crippen molar-refractivity contribution in [1.29, 1.82) is 0 Å². The van der Waals surface area contributed by atoms with Gasteiger partial charge in [-0.2, -0.15) is 8.78 Å². The lowest BCUT2D eigenvalue weighted by atomic mass is 10.2. The monoisotopic (exact) mass is 188 g/mol. The largest absolute Gasteiger partial charge is 0.493 e. The molecule has 0 aromatic carbocycles. The molecule has 1 aromatic heterocycles. The molecule has 0 aliphatic carbocycles. The van der Waals surface area contributed by atoms with Crippen LogP contribution in [0.1, 0.15) is 12.6 Å². The summed E-state index contributed by atoms with van der Waals surface area (Å²) < 4.78 is 30.2. The van der Waals surface area contributed by atoms with Crippen molar-refractivity contribution in [1.82, 2.24) is 4.98 Å². The predicted molar refractivity (Wildman–Crippen MR) is 44.8 cm³/mol. The number of nitrogens with two attached hydrogens (primary N) is 1. The molecule has 0 saturated heterocycles. The van der Waals surface area contributed by atoms with Crippen molar-refractivity contribution in [2.75, 3.05) is 12.8 Å². The van der Waals surface area contributed by atoms with Crippen molar-refractivity contribution in [2.24, 2.45) is 0 Å². The van der Waals surface area contributed by atoms with E-state index in [-0.39, 0.29) is 11.4 Å². The van der Waals surface area contributed by atoms with E-state index in [4.69, 9.17) is 10.5 Å². The highest BCUT2D eigenvalue weighted by molar-refractivity contribution is 5.52. The first-order valence-electron chi connectivity index (χ1n) is 3.63. The highest BCUT2D eigenvalue weighted by Crippen LogP contribution is 2.29. The number of ether oxygens (including phenoxy) is 1. The maximum Gasteiger partial charge on any atom is 0.287 e. The molecule has 3 nitrogen and oxygen atoms in total. The zero-order chi connectivity index (χ0) is 10.1. The summed E-state index contributed by atoms with van der Waals surface area (Å²) in [5, 5.41) is 0. The first kappa shape index (κ1) is 9.70. The number of aromatic nitrogens is 1. The van der Waals surface area contributed by atoms with Gasteiger partial charge in [0.1, 0.15) is 5.69 Å². The molecule has 0 radical (unpaired) electrons. The van der Waals surface area contributed by atoms with Crippen molar-refractivity contribution >= 4 is 5.69 Å². The molecule has 0 aliphatic heterocycles. The number of anilines is 1. The van der Waals surface area contributed by atoms with Crippen LogP contribution in [0.4, 0.5) is 14.5 Å². The average Bonchev–Trinajstić information content (AvgIpc) is 2.02. The van der Waals surface area contributed by atoms with Gasteiger partial charge >= 0.3 is 0 Å². The van der Waals surface area contributed by atoms with Gasteiger partial charge in [0.2, 0.25) is 0 Å². The molecular formula is C8H10F2N2O. The van der Waals surface area contributed by atoms with E-state index in [0.29, 0.717) is 5.75 Å². The summed E-state index contributed by atoms with van der Waals surface area (Å²) in [5.74, 6) is -2.67. The highest BCUT2D eigenvalue weighted by atomic mass is 19.3. The number of rotatable bonds is 2. The third-order valence-corrected chi connectivity index (χ3v) is 1.57. The number of nitrogen functional groups attached to an aromatic ring is 1. The van der Waals surface area contributed by atoms with Crippen molar-refractivity contribution < 1.29 is 13.5 Å². The molecule has 13 heavy (non-hydrogen) atoms. The van der Waals surface area contributed by atoms with Gasteiger partial charge in [-0.05, 0) is 6.07 Å². The molecule has 1 aromatic rings. The van der Waals surface area contributed by atoms with E-state index >= 15 is 0 Å². The molecule has 0 unspecified atom stereocenters. The van der Waals surface area contributed by atoms with Crippen molar-refractivity contribution in [3.8, 4) is 5.75 Å². The van der Waals surface area contributed by atoms with Gasteiger partial charge in [-0.1, -0.05) is 0 Å². The van der Waals surface area contributed by atoms with E-state index in [0.717, 1.165) is 13.0 Å². The van der Waals surface area contributed by atoms with Crippen LogP contribution in [0.25, 0.3) is 0 Å². The van der Waals surface area contributed by atoms with E-state index in [1.165, 1.54) is 13.3 Å². The Morgan fingerprint density at radius 2 is 2.15 bits per heavy atom. The number of alkyl halides is 2. The first-order chi connectivity index (χ1) is 5.95. The summed E-state index contributed by atoms with van der Waals surface area (Å²) in [4.78, 5) is 3.53. The van der Waals surface area contributed by atoms with Gasteiger partial charge in [0, 0.05) is 6.92 Å². The van der Waals surface area contributed by atoms with E-state index in [1.807, 2.05) is 0 Å². The van der Waals surface area contributed by atoms with Gasteiger partial charge in [0.25, 0.3) is 5.92 Å². The fourth-order valence-electron chi connectivity index (χ4n) is 0.869. The molecule has 0 spiro atoms. The number of methoxy groups -OCH3 is 1. The van der Waals surface area contributed by atoms with Gasteiger partial charge < -0.3 is 10.5 Å². The van der Waals surface area contributed by atoms with Crippen LogP contribution in [0.5, 0.6) is 5.75 Å². The Morgan fingerprint density at radius 1 is 1.54 bits per heavy atom. The van der Waals surface area contributed by atoms with Crippen LogP contribution in [0.15, 0.2) is 12.3 Å². The minimum atomic E-state index is -2.97. The van der Waals surface area contributed by atoms with Gasteiger partial charge in [-0.25, -0.2) is 0 Å². The van der Waals surface area contributed by atoms with Crippen LogP contribution >= 0.6 is 0 Å². The average molecular weight is 188 g/mol. The standard InChI is InChI=1S/C8H10F2N2O/c1-8(9,10)7-3-5(11)6(13-2)4-12-7/h3-4H,1-2H3,(H2,11,12). The fraction of sp³-hybridized carbons (Fsp3) is 0.375. The summed E-state index contributed by atoms with van der Waals surface area (Å²) in [7, 11) is 1.40. The first-order valence-corrected chi connectivity index (χ1v) is 3.63. The van der Waals surface area contributed by atoms with Crippen LogP contribution in [-0.2, 0) is 5.92 Å². The van der Waals surface area contributed by atoms with Gasteiger partial charge in [0.05, 0.1) is 19.0 Å². The van der Waals surface area contributed by atoms with Crippen molar-refractivity contribution in [2.45, 2.75) is 12.8 Å². The van der Waals surface area contributed by atoms with Gasteiger partial charge in [0.15, 0.2) is 5.75 Å². The zero-order valence-electron chi connectivity index (χ0n) is 7.34. The molecule has 2 N–H and O–H groups in total. The summed E-state index contributed by atoms with van der Waals surface area (Å²) in [6, 6.07) is 1.11. The Hall–Kier alpha value is -1.39. The summed E-state index contributed by atoms with van der Waals surface area (Å²) >= 11 is 0. The topological polar surface area (TPSA) is 48.1 Å². The van der Waals surface area contributed by atoms with E-state index in [9.17, 15) is 8.78 Å². The van der Waals surface area contributed by atoms with Gasteiger partial charge in [-0.15, -0.1) is 0 Å². The highest BCUT2D eigenvalue weighted by Gasteiger charge is 2.26. The Kier molecular flexibility index (Phi) is 2.36.